The Morgan fingerprint density at radius 1 is 1.50 bits per heavy atom. The van der Waals surface area contributed by atoms with E-state index in [0.717, 1.165) is 11.5 Å². The monoisotopic (exact) mass is 301 g/mol. The number of rotatable bonds is 5. The van der Waals surface area contributed by atoms with Gasteiger partial charge in [0.25, 0.3) is 5.91 Å². The molecule has 1 amide bonds. The number of halogens is 4. The number of amides is 1. The molecular formula is C9H11ClF3N3OS. The van der Waals surface area contributed by atoms with Crippen LogP contribution in [0.15, 0.2) is 0 Å². The average Bonchev–Trinajstić information content (AvgIpc) is 2.73. The third kappa shape index (κ3) is 4.09. The summed E-state index contributed by atoms with van der Waals surface area (Å²) in [6.45, 7) is 0.268. The molecule has 0 aromatic carbocycles. The number of aryl methyl sites for hydroxylation is 1. The van der Waals surface area contributed by atoms with Crippen molar-refractivity contribution in [2.24, 2.45) is 0 Å². The van der Waals surface area contributed by atoms with E-state index in [1.165, 1.54) is 0 Å². The van der Waals surface area contributed by atoms with Gasteiger partial charge in [-0.15, -0.1) is 16.7 Å². The van der Waals surface area contributed by atoms with Crippen LogP contribution in [0.5, 0.6) is 0 Å². The molecule has 9 heteroatoms. The van der Waals surface area contributed by atoms with Crippen LogP contribution in [0.1, 0.15) is 22.3 Å². The number of hydrogen-bond acceptors (Lipinski definition) is 4. The molecule has 1 aromatic rings. The first kappa shape index (κ1) is 15.2. The van der Waals surface area contributed by atoms with Crippen LogP contribution in [0.2, 0.25) is 0 Å². The fourth-order valence-corrected chi connectivity index (χ4v) is 2.24. The largest absolute Gasteiger partial charge is 0.406 e. The van der Waals surface area contributed by atoms with Crippen molar-refractivity contribution in [1.82, 2.24) is 14.5 Å². The molecule has 0 spiro atoms. The summed E-state index contributed by atoms with van der Waals surface area (Å²) in [5, 5.41) is 3.70. The van der Waals surface area contributed by atoms with Crippen molar-refractivity contribution >= 4 is 29.0 Å². The zero-order chi connectivity index (χ0) is 13.8. The Balaban J connectivity index is 2.89. The van der Waals surface area contributed by atoms with E-state index >= 15 is 0 Å². The van der Waals surface area contributed by atoms with Gasteiger partial charge in [0, 0.05) is 12.4 Å². The molecule has 0 N–H and O–H groups in total. The van der Waals surface area contributed by atoms with Crippen molar-refractivity contribution in [3.8, 4) is 0 Å². The van der Waals surface area contributed by atoms with E-state index in [-0.39, 0.29) is 17.3 Å². The highest BCUT2D eigenvalue weighted by Gasteiger charge is 2.34. The van der Waals surface area contributed by atoms with Gasteiger partial charge in [-0.2, -0.15) is 13.2 Å². The Labute approximate surface area is 111 Å². The van der Waals surface area contributed by atoms with Gasteiger partial charge in [-0.3, -0.25) is 4.79 Å². The summed E-state index contributed by atoms with van der Waals surface area (Å²) in [4.78, 5) is 12.8. The van der Waals surface area contributed by atoms with Crippen molar-refractivity contribution in [1.29, 1.82) is 0 Å². The van der Waals surface area contributed by atoms with E-state index in [4.69, 9.17) is 11.6 Å². The number of carbonyl (C=O) groups excluding carboxylic acids is 1. The molecular weight excluding hydrogens is 291 g/mol. The zero-order valence-corrected chi connectivity index (χ0v) is 11.1. The van der Waals surface area contributed by atoms with E-state index < -0.39 is 18.6 Å². The maximum absolute atomic E-state index is 12.3. The van der Waals surface area contributed by atoms with Gasteiger partial charge in [0.1, 0.15) is 11.4 Å². The maximum atomic E-state index is 12.3. The number of aromatic nitrogens is 2. The molecule has 18 heavy (non-hydrogen) atoms. The second-order valence-corrected chi connectivity index (χ2v) is 4.57. The normalized spacial score (nSPS) is 11.6. The SMILES string of the molecule is CCc1nnsc1C(=O)N(CCCl)CC(F)(F)F. The molecule has 1 heterocycles. The summed E-state index contributed by atoms with van der Waals surface area (Å²) in [5.74, 6) is -0.782. The number of carbonyl (C=O) groups is 1. The lowest BCUT2D eigenvalue weighted by Gasteiger charge is -2.22. The Morgan fingerprint density at radius 3 is 2.67 bits per heavy atom. The molecule has 0 aliphatic rings. The number of nitrogens with zero attached hydrogens (tertiary/aromatic N) is 3. The van der Waals surface area contributed by atoms with Gasteiger partial charge in [0.2, 0.25) is 0 Å². The van der Waals surface area contributed by atoms with Crippen LogP contribution >= 0.6 is 23.1 Å². The van der Waals surface area contributed by atoms with E-state index in [0.29, 0.717) is 17.0 Å². The minimum absolute atomic E-state index is 0.0600. The quantitative estimate of drug-likeness (QED) is 0.784. The lowest BCUT2D eigenvalue weighted by Crippen LogP contribution is -2.40. The first-order valence-corrected chi connectivity index (χ1v) is 6.43. The number of alkyl halides is 4. The van der Waals surface area contributed by atoms with Crippen molar-refractivity contribution in [2.75, 3.05) is 19.0 Å². The average molecular weight is 302 g/mol. The predicted octanol–water partition coefficient (Wildman–Crippen LogP) is 2.34. The first-order chi connectivity index (χ1) is 8.39. The lowest BCUT2D eigenvalue weighted by molar-refractivity contribution is -0.140. The summed E-state index contributed by atoms with van der Waals surface area (Å²) in [5.41, 5.74) is 0.409. The summed E-state index contributed by atoms with van der Waals surface area (Å²) in [7, 11) is 0. The molecule has 0 atom stereocenters. The third-order valence-corrected chi connectivity index (χ3v) is 3.02. The second kappa shape index (κ2) is 6.33. The van der Waals surface area contributed by atoms with Crippen LogP contribution in [-0.4, -0.2) is 45.5 Å². The van der Waals surface area contributed by atoms with Crippen LogP contribution in [0.25, 0.3) is 0 Å². The molecule has 4 nitrogen and oxygen atoms in total. The molecule has 0 unspecified atom stereocenters. The Kier molecular flexibility index (Phi) is 5.33. The van der Waals surface area contributed by atoms with E-state index in [2.05, 4.69) is 9.59 Å². The van der Waals surface area contributed by atoms with Crippen LogP contribution in [0, 0.1) is 0 Å². The molecule has 0 saturated carbocycles. The summed E-state index contributed by atoms with van der Waals surface area (Å²) in [6, 6.07) is 0. The lowest BCUT2D eigenvalue weighted by atomic mass is 10.2. The van der Waals surface area contributed by atoms with Crippen molar-refractivity contribution in [3.63, 3.8) is 0 Å². The minimum Gasteiger partial charge on any atom is -0.328 e. The summed E-state index contributed by atoms with van der Waals surface area (Å²) >= 11 is 6.21. The third-order valence-electron chi connectivity index (χ3n) is 2.10. The Morgan fingerprint density at radius 2 is 2.17 bits per heavy atom. The predicted molar refractivity (Wildman–Crippen MR) is 62.0 cm³/mol. The van der Waals surface area contributed by atoms with Crippen molar-refractivity contribution in [2.45, 2.75) is 19.5 Å². The minimum atomic E-state index is -4.45. The first-order valence-electron chi connectivity index (χ1n) is 5.12. The summed E-state index contributed by atoms with van der Waals surface area (Å²) in [6.07, 6.45) is -4.01. The Bertz CT molecular complexity index is 410. The van der Waals surface area contributed by atoms with Gasteiger partial charge >= 0.3 is 6.18 Å². The van der Waals surface area contributed by atoms with Crippen LogP contribution < -0.4 is 0 Å². The highest BCUT2D eigenvalue weighted by Crippen LogP contribution is 2.20. The molecule has 1 rings (SSSR count). The van der Waals surface area contributed by atoms with E-state index in [9.17, 15) is 18.0 Å². The van der Waals surface area contributed by atoms with Gasteiger partial charge in [0.15, 0.2) is 0 Å². The smallest absolute Gasteiger partial charge is 0.328 e. The van der Waals surface area contributed by atoms with Crippen molar-refractivity contribution < 1.29 is 18.0 Å². The molecule has 0 aliphatic heterocycles. The van der Waals surface area contributed by atoms with Gasteiger partial charge in [-0.25, -0.2) is 0 Å². The molecule has 102 valence electrons. The van der Waals surface area contributed by atoms with Crippen LogP contribution in [-0.2, 0) is 6.42 Å². The molecule has 0 radical (unpaired) electrons. The topological polar surface area (TPSA) is 46.1 Å². The summed E-state index contributed by atoms with van der Waals surface area (Å²) < 4.78 is 40.6. The van der Waals surface area contributed by atoms with Gasteiger partial charge in [0.05, 0.1) is 5.69 Å². The van der Waals surface area contributed by atoms with E-state index in [1.807, 2.05) is 0 Å². The second-order valence-electron chi connectivity index (χ2n) is 3.43. The molecule has 0 fully saturated rings. The zero-order valence-electron chi connectivity index (χ0n) is 9.50. The van der Waals surface area contributed by atoms with Crippen molar-refractivity contribution in [3.05, 3.63) is 10.6 Å². The standard InChI is InChI=1S/C9H11ClF3N3OS/c1-2-6-7(18-15-14-6)8(17)16(4-3-10)5-9(11,12)13/h2-5H2,1H3. The molecule has 0 aliphatic carbocycles. The van der Waals surface area contributed by atoms with Gasteiger partial charge < -0.3 is 4.90 Å². The Hall–Kier alpha value is -0.890. The van der Waals surface area contributed by atoms with Gasteiger partial charge in [-0.05, 0) is 18.0 Å². The fraction of sp³-hybridized carbons (Fsp3) is 0.667. The highest BCUT2D eigenvalue weighted by molar-refractivity contribution is 7.08. The van der Waals surface area contributed by atoms with Crippen LogP contribution in [0.4, 0.5) is 13.2 Å². The van der Waals surface area contributed by atoms with Crippen LogP contribution in [0.3, 0.4) is 0 Å². The fourth-order valence-electron chi connectivity index (χ4n) is 1.32. The number of hydrogen-bond donors (Lipinski definition) is 0. The van der Waals surface area contributed by atoms with E-state index in [1.54, 1.807) is 6.92 Å². The maximum Gasteiger partial charge on any atom is 0.406 e. The molecule has 0 saturated heterocycles. The highest BCUT2D eigenvalue weighted by atomic mass is 35.5. The molecule has 1 aromatic heterocycles. The molecule has 0 bridgehead atoms. The van der Waals surface area contributed by atoms with Gasteiger partial charge in [-0.1, -0.05) is 11.4 Å².